The molecule has 1 fully saturated rings. The normalized spacial score (nSPS) is 16.3. The Kier molecular flexibility index (Phi) is 6.49. The number of piperazine rings is 1. The van der Waals surface area contributed by atoms with Crippen LogP contribution in [0.25, 0.3) is 10.8 Å². The molecule has 1 saturated heterocycles. The van der Waals surface area contributed by atoms with Gasteiger partial charge in [-0.3, -0.25) is 9.69 Å². The minimum Gasteiger partial charge on any atom is -0.494 e. The van der Waals surface area contributed by atoms with Crippen LogP contribution in [0.2, 0.25) is 0 Å². The molecule has 5 nitrogen and oxygen atoms in total. The zero-order valence-corrected chi connectivity index (χ0v) is 19.5. The Morgan fingerprint density at radius 2 is 1.67 bits per heavy atom. The fraction of sp³-hybridized carbons (Fsp3) is 0.393. The Balaban J connectivity index is 1.03. The van der Waals surface area contributed by atoms with Crippen molar-refractivity contribution in [3.63, 3.8) is 0 Å². The number of carbonyl (C=O) groups excluding carboxylic acids is 1. The molecule has 0 aliphatic carbocycles. The molecule has 0 atom stereocenters. The van der Waals surface area contributed by atoms with Gasteiger partial charge in [0.15, 0.2) is 0 Å². The second-order valence-electron chi connectivity index (χ2n) is 9.19. The topological polar surface area (TPSA) is 36.0 Å². The third-order valence-electron chi connectivity index (χ3n) is 6.96. The van der Waals surface area contributed by atoms with Crippen LogP contribution in [-0.2, 0) is 17.9 Å². The fourth-order valence-electron chi connectivity index (χ4n) is 5.01. The molecule has 0 unspecified atom stereocenters. The maximum atomic E-state index is 11.6. The number of amides is 1. The summed E-state index contributed by atoms with van der Waals surface area (Å²) in [5.74, 6) is 1.05. The minimum absolute atomic E-state index is 0.131. The van der Waals surface area contributed by atoms with Crippen molar-refractivity contribution in [2.24, 2.45) is 0 Å². The average molecular weight is 444 g/mol. The summed E-state index contributed by atoms with van der Waals surface area (Å²) in [6.45, 7) is 9.31. The fourth-order valence-corrected chi connectivity index (χ4v) is 5.01. The zero-order chi connectivity index (χ0) is 22.6. The minimum atomic E-state index is 0.131. The number of carbonyl (C=O) groups is 1. The largest absolute Gasteiger partial charge is 0.494 e. The highest BCUT2D eigenvalue weighted by molar-refractivity contribution is 5.94. The van der Waals surface area contributed by atoms with Crippen LogP contribution in [-0.4, -0.2) is 55.0 Å². The van der Waals surface area contributed by atoms with E-state index in [2.05, 4.69) is 64.4 Å². The maximum absolute atomic E-state index is 11.6. The quantitative estimate of drug-likeness (QED) is 0.497. The third-order valence-corrected chi connectivity index (χ3v) is 6.96. The van der Waals surface area contributed by atoms with E-state index in [0.717, 1.165) is 64.5 Å². The molecular formula is C28H33N3O2. The lowest BCUT2D eigenvalue weighted by Gasteiger charge is -2.36. The van der Waals surface area contributed by atoms with Crippen molar-refractivity contribution in [1.29, 1.82) is 0 Å². The maximum Gasteiger partial charge on any atom is 0.220 e. The van der Waals surface area contributed by atoms with E-state index in [1.54, 1.807) is 6.92 Å². The van der Waals surface area contributed by atoms with Crippen molar-refractivity contribution in [2.75, 3.05) is 44.2 Å². The molecule has 0 saturated carbocycles. The van der Waals surface area contributed by atoms with E-state index in [1.807, 2.05) is 11.0 Å². The summed E-state index contributed by atoms with van der Waals surface area (Å²) in [6.07, 6.45) is 2.21. The highest BCUT2D eigenvalue weighted by Crippen LogP contribution is 2.28. The summed E-state index contributed by atoms with van der Waals surface area (Å²) in [5.41, 5.74) is 3.81. The summed E-state index contributed by atoms with van der Waals surface area (Å²) in [5, 5.41) is 2.67. The summed E-state index contributed by atoms with van der Waals surface area (Å²) >= 11 is 0. The van der Waals surface area contributed by atoms with Gasteiger partial charge in [-0.05, 0) is 54.1 Å². The highest BCUT2D eigenvalue weighted by atomic mass is 16.5. The highest BCUT2D eigenvalue weighted by Gasteiger charge is 2.21. The van der Waals surface area contributed by atoms with Gasteiger partial charge in [-0.25, -0.2) is 0 Å². The number of anilines is 1. The molecule has 33 heavy (non-hydrogen) atoms. The van der Waals surface area contributed by atoms with Crippen LogP contribution in [0.3, 0.4) is 0 Å². The number of fused-ring (bicyclic) bond motifs is 2. The van der Waals surface area contributed by atoms with Crippen molar-refractivity contribution in [1.82, 2.24) is 9.80 Å². The molecule has 2 heterocycles. The summed E-state index contributed by atoms with van der Waals surface area (Å²) in [4.78, 5) is 18.6. The van der Waals surface area contributed by atoms with Gasteiger partial charge >= 0.3 is 0 Å². The second-order valence-corrected chi connectivity index (χ2v) is 9.19. The van der Waals surface area contributed by atoms with Crippen molar-refractivity contribution < 1.29 is 9.53 Å². The van der Waals surface area contributed by atoms with Crippen LogP contribution < -0.4 is 9.64 Å². The molecule has 3 aromatic carbocycles. The van der Waals surface area contributed by atoms with Gasteiger partial charge < -0.3 is 14.5 Å². The van der Waals surface area contributed by atoms with E-state index < -0.39 is 0 Å². The van der Waals surface area contributed by atoms with E-state index in [0.29, 0.717) is 6.54 Å². The Morgan fingerprint density at radius 1 is 0.879 bits per heavy atom. The molecule has 3 aromatic rings. The van der Waals surface area contributed by atoms with Crippen LogP contribution >= 0.6 is 0 Å². The first-order valence-electron chi connectivity index (χ1n) is 12.1. The first-order chi connectivity index (χ1) is 16.2. The lowest BCUT2D eigenvalue weighted by atomic mass is 10.1. The predicted molar refractivity (Wildman–Crippen MR) is 134 cm³/mol. The smallest absolute Gasteiger partial charge is 0.220 e. The van der Waals surface area contributed by atoms with E-state index in [-0.39, 0.29) is 5.91 Å². The first kappa shape index (κ1) is 21.8. The molecule has 5 heteroatoms. The van der Waals surface area contributed by atoms with E-state index >= 15 is 0 Å². The molecule has 0 radical (unpaired) electrons. The molecule has 5 rings (SSSR count). The van der Waals surface area contributed by atoms with Crippen LogP contribution in [0, 0.1) is 0 Å². The van der Waals surface area contributed by atoms with E-state index in [4.69, 9.17) is 4.74 Å². The second kappa shape index (κ2) is 9.84. The standard InChI is InChI=1S/C28H33N3O2/c1-22(32)31-20-24-11-12-26(19-25(24)21-31)33-18-5-4-13-29-14-16-30(17-15-29)28-10-6-8-23-7-2-3-9-27(23)28/h2-3,6-12,19H,4-5,13-18,20-21H2,1H3. The monoisotopic (exact) mass is 443 g/mol. The molecular weight excluding hydrogens is 410 g/mol. The van der Waals surface area contributed by atoms with Gasteiger partial charge in [0.05, 0.1) is 6.61 Å². The van der Waals surface area contributed by atoms with Gasteiger partial charge in [0.1, 0.15) is 5.75 Å². The summed E-state index contributed by atoms with van der Waals surface area (Å²) in [7, 11) is 0. The van der Waals surface area contributed by atoms with Crippen molar-refractivity contribution >= 4 is 22.4 Å². The van der Waals surface area contributed by atoms with Gasteiger partial charge in [-0.15, -0.1) is 0 Å². The number of unbranched alkanes of at least 4 members (excludes halogenated alkanes) is 1. The SMILES string of the molecule is CC(=O)N1Cc2ccc(OCCCCN3CCN(c4cccc5ccccc45)CC3)cc2C1. The molecule has 2 aliphatic rings. The first-order valence-corrected chi connectivity index (χ1v) is 12.1. The molecule has 0 aromatic heterocycles. The van der Waals surface area contributed by atoms with Crippen LogP contribution in [0.15, 0.2) is 60.7 Å². The Bertz CT molecular complexity index is 1120. The molecule has 0 bridgehead atoms. The molecule has 2 aliphatic heterocycles. The molecule has 0 N–H and O–H groups in total. The number of hydrogen-bond donors (Lipinski definition) is 0. The Morgan fingerprint density at radius 3 is 2.52 bits per heavy atom. The van der Waals surface area contributed by atoms with Crippen molar-refractivity contribution in [3.05, 3.63) is 71.8 Å². The molecule has 0 spiro atoms. The van der Waals surface area contributed by atoms with E-state index in [1.165, 1.54) is 27.6 Å². The van der Waals surface area contributed by atoms with Crippen LogP contribution in [0.1, 0.15) is 30.9 Å². The van der Waals surface area contributed by atoms with Gasteiger partial charge in [0.2, 0.25) is 5.91 Å². The van der Waals surface area contributed by atoms with Crippen LogP contribution in [0.5, 0.6) is 5.75 Å². The number of benzene rings is 3. The number of ether oxygens (including phenoxy) is 1. The predicted octanol–water partition coefficient (Wildman–Crippen LogP) is 4.68. The lowest BCUT2D eigenvalue weighted by molar-refractivity contribution is -0.129. The Hall–Kier alpha value is -3.05. The van der Waals surface area contributed by atoms with Gasteiger partial charge in [-0.1, -0.05) is 42.5 Å². The van der Waals surface area contributed by atoms with Gasteiger partial charge in [0, 0.05) is 57.3 Å². The van der Waals surface area contributed by atoms with Crippen LogP contribution in [0.4, 0.5) is 5.69 Å². The molecule has 1 amide bonds. The van der Waals surface area contributed by atoms with Crippen molar-refractivity contribution in [3.8, 4) is 5.75 Å². The lowest BCUT2D eigenvalue weighted by Crippen LogP contribution is -2.46. The van der Waals surface area contributed by atoms with E-state index in [9.17, 15) is 4.79 Å². The summed E-state index contributed by atoms with van der Waals surface area (Å²) < 4.78 is 6.00. The zero-order valence-electron chi connectivity index (χ0n) is 19.5. The number of hydrogen-bond acceptors (Lipinski definition) is 4. The Labute approximate surface area is 196 Å². The van der Waals surface area contributed by atoms with Gasteiger partial charge in [-0.2, -0.15) is 0 Å². The van der Waals surface area contributed by atoms with Crippen molar-refractivity contribution in [2.45, 2.75) is 32.9 Å². The van der Waals surface area contributed by atoms with Gasteiger partial charge in [0.25, 0.3) is 0 Å². The molecule has 172 valence electrons. The number of nitrogens with zero attached hydrogens (tertiary/aromatic N) is 3. The third kappa shape index (κ3) is 4.98. The average Bonchev–Trinajstić information content (AvgIpc) is 3.28. The summed E-state index contributed by atoms with van der Waals surface area (Å²) in [6, 6.07) is 21.5. The number of rotatable bonds is 7.